The van der Waals surface area contributed by atoms with Crippen LogP contribution in [0.2, 0.25) is 0 Å². The molecular weight excluding hydrogens is 290 g/mol. The van der Waals surface area contributed by atoms with Gasteiger partial charge in [0.05, 0.1) is 11.4 Å². The minimum absolute atomic E-state index is 0.00647. The molecule has 3 rings (SSSR count). The van der Waals surface area contributed by atoms with Gasteiger partial charge in [0.15, 0.2) is 5.69 Å². The lowest BCUT2D eigenvalue weighted by Gasteiger charge is -2.09. The summed E-state index contributed by atoms with van der Waals surface area (Å²) in [6.07, 6.45) is 0.461. The molecule has 0 amide bonds. The number of carboxylic acids is 1. The first-order valence-corrected chi connectivity index (χ1v) is 7.35. The van der Waals surface area contributed by atoms with Crippen LogP contribution in [0.5, 0.6) is 0 Å². The van der Waals surface area contributed by atoms with E-state index in [-0.39, 0.29) is 5.69 Å². The zero-order valence-electron chi connectivity index (χ0n) is 13.0. The summed E-state index contributed by atoms with van der Waals surface area (Å²) in [6, 6.07) is 15.7. The third-order valence-electron chi connectivity index (χ3n) is 3.63. The van der Waals surface area contributed by atoms with E-state index in [0.717, 1.165) is 22.4 Å². The number of carbonyl (C=O) groups is 1. The number of hydrogen-bond acceptors (Lipinski definition) is 3. The molecule has 2 aromatic carbocycles. The van der Waals surface area contributed by atoms with Crippen molar-refractivity contribution in [3.05, 3.63) is 76.6 Å². The predicted molar refractivity (Wildman–Crippen MR) is 87.0 cm³/mol. The van der Waals surface area contributed by atoms with Crippen molar-refractivity contribution in [2.75, 3.05) is 0 Å². The largest absolute Gasteiger partial charge is 0.476 e. The van der Waals surface area contributed by atoms with Crippen molar-refractivity contribution in [2.45, 2.75) is 20.3 Å². The summed E-state index contributed by atoms with van der Waals surface area (Å²) in [5, 5.41) is 17.3. The van der Waals surface area contributed by atoms with Crippen molar-refractivity contribution < 1.29 is 9.90 Å². The van der Waals surface area contributed by atoms with Gasteiger partial charge in [-0.15, -0.1) is 5.10 Å². The highest BCUT2D eigenvalue weighted by atomic mass is 16.4. The van der Waals surface area contributed by atoms with E-state index in [1.807, 2.05) is 56.3 Å². The van der Waals surface area contributed by atoms with Crippen LogP contribution < -0.4 is 0 Å². The zero-order valence-corrected chi connectivity index (χ0v) is 13.0. The highest BCUT2D eigenvalue weighted by Gasteiger charge is 2.20. The summed E-state index contributed by atoms with van der Waals surface area (Å²) in [6.45, 7) is 4.00. The number of carboxylic acid groups (broad SMARTS) is 1. The Labute approximate surface area is 134 Å². The van der Waals surface area contributed by atoms with E-state index >= 15 is 0 Å². The van der Waals surface area contributed by atoms with E-state index < -0.39 is 5.97 Å². The molecule has 0 atom stereocenters. The first-order chi connectivity index (χ1) is 11.0. The minimum atomic E-state index is -1.06. The molecule has 0 spiro atoms. The Kier molecular flexibility index (Phi) is 3.93. The fourth-order valence-electron chi connectivity index (χ4n) is 2.70. The highest BCUT2D eigenvalue weighted by Crippen LogP contribution is 2.19. The van der Waals surface area contributed by atoms with E-state index in [1.165, 1.54) is 0 Å². The van der Waals surface area contributed by atoms with Crippen LogP contribution in [0.15, 0.2) is 48.5 Å². The predicted octanol–water partition coefficient (Wildman–Crippen LogP) is 3.17. The molecule has 5 nitrogen and oxygen atoms in total. The second-order valence-electron chi connectivity index (χ2n) is 5.61. The van der Waals surface area contributed by atoms with Gasteiger partial charge >= 0.3 is 5.97 Å². The first-order valence-electron chi connectivity index (χ1n) is 7.35. The molecule has 116 valence electrons. The molecule has 23 heavy (non-hydrogen) atoms. The van der Waals surface area contributed by atoms with Crippen LogP contribution in [0.1, 0.15) is 32.9 Å². The van der Waals surface area contributed by atoms with Gasteiger partial charge in [-0.3, -0.25) is 0 Å². The van der Waals surface area contributed by atoms with Crippen molar-refractivity contribution in [3.8, 4) is 5.69 Å². The van der Waals surface area contributed by atoms with Crippen LogP contribution >= 0.6 is 0 Å². The molecule has 1 N–H and O–H groups in total. The van der Waals surface area contributed by atoms with E-state index in [2.05, 4.69) is 16.4 Å². The second kappa shape index (κ2) is 6.04. The smallest absolute Gasteiger partial charge is 0.358 e. The van der Waals surface area contributed by atoms with Crippen LogP contribution in [-0.2, 0) is 6.42 Å². The highest BCUT2D eigenvalue weighted by molar-refractivity contribution is 5.86. The standard InChI is InChI=1S/C18H17N3O2/c1-12-8-13(2)10-15(9-12)21-16(17(18(22)23)19-20-21)11-14-6-4-3-5-7-14/h3-10H,11H2,1-2H3,(H,22,23). The van der Waals surface area contributed by atoms with Crippen LogP contribution in [0.25, 0.3) is 5.69 Å². The van der Waals surface area contributed by atoms with Gasteiger partial charge in [-0.2, -0.15) is 0 Å². The normalized spacial score (nSPS) is 10.7. The molecule has 0 unspecified atom stereocenters. The van der Waals surface area contributed by atoms with Crippen molar-refractivity contribution in [1.82, 2.24) is 15.0 Å². The Morgan fingerprint density at radius 1 is 1.09 bits per heavy atom. The van der Waals surface area contributed by atoms with Crippen molar-refractivity contribution in [1.29, 1.82) is 0 Å². The van der Waals surface area contributed by atoms with E-state index in [4.69, 9.17) is 0 Å². The average molecular weight is 307 g/mol. The summed E-state index contributed by atoms with van der Waals surface area (Å²) in [7, 11) is 0. The molecular formula is C18H17N3O2. The van der Waals surface area contributed by atoms with Crippen LogP contribution in [0.3, 0.4) is 0 Å². The summed E-state index contributed by atoms with van der Waals surface area (Å²) in [5.74, 6) is -1.06. The summed E-state index contributed by atoms with van der Waals surface area (Å²) < 4.78 is 1.62. The van der Waals surface area contributed by atoms with Crippen molar-refractivity contribution in [3.63, 3.8) is 0 Å². The molecule has 0 aliphatic rings. The first kappa shape index (κ1) is 15.0. The van der Waals surface area contributed by atoms with Gasteiger partial charge < -0.3 is 5.11 Å². The Bertz CT molecular complexity index is 834. The number of aryl methyl sites for hydroxylation is 2. The SMILES string of the molecule is Cc1cc(C)cc(-n2nnc(C(=O)O)c2Cc2ccccc2)c1. The van der Waals surface area contributed by atoms with E-state index in [1.54, 1.807) is 4.68 Å². The third-order valence-corrected chi connectivity index (χ3v) is 3.63. The van der Waals surface area contributed by atoms with Gasteiger partial charge in [-0.1, -0.05) is 41.6 Å². The lowest BCUT2D eigenvalue weighted by molar-refractivity contribution is 0.0689. The van der Waals surface area contributed by atoms with E-state index in [9.17, 15) is 9.90 Å². The lowest BCUT2D eigenvalue weighted by atomic mass is 10.1. The maximum Gasteiger partial charge on any atom is 0.358 e. The van der Waals surface area contributed by atoms with Gasteiger partial charge in [-0.05, 0) is 42.7 Å². The fraction of sp³-hybridized carbons (Fsp3) is 0.167. The molecule has 0 aliphatic carbocycles. The maximum atomic E-state index is 11.5. The molecule has 3 aromatic rings. The van der Waals surface area contributed by atoms with Crippen molar-refractivity contribution in [2.24, 2.45) is 0 Å². The molecule has 0 aliphatic heterocycles. The average Bonchev–Trinajstić information content (AvgIpc) is 2.91. The monoisotopic (exact) mass is 307 g/mol. The quantitative estimate of drug-likeness (QED) is 0.804. The minimum Gasteiger partial charge on any atom is -0.476 e. The number of aromatic nitrogens is 3. The number of aromatic carboxylic acids is 1. The van der Waals surface area contributed by atoms with Gasteiger partial charge in [0, 0.05) is 6.42 Å². The Hall–Kier alpha value is -2.95. The molecule has 0 saturated carbocycles. The topological polar surface area (TPSA) is 68.0 Å². The van der Waals surface area contributed by atoms with Crippen LogP contribution in [-0.4, -0.2) is 26.1 Å². The summed E-state index contributed by atoms with van der Waals surface area (Å²) >= 11 is 0. The van der Waals surface area contributed by atoms with Crippen LogP contribution in [0, 0.1) is 13.8 Å². The molecule has 5 heteroatoms. The zero-order chi connectivity index (χ0) is 16.4. The molecule has 1 heterocycles. The number of hydrogen-bond donors (Lipinski definition) is 1. The molecule has 0 radical (unpaired) electrons. The van der Waals surface area contributed by atoms with Crippen LogP contribution in [0.4, 0.5) is 0 Å². The maximum absolute atomic E-state index is 11.5. The molecule has 1 aromatic heterocycles. The second-order valence-corrected chi connectivity index (χ2v) is 5.61. The number of nitrogens with zero attached hydrogens (tertiary/aromatic N) is 3. The van der Waals surface area contributed by atoms with E-state index in [0.29, 0.717) is 12.1 Å². The summed E-state index contributed by atoms with van der Waals surface area (Å²) in [4.78, 5) is 11.5. The van der Waals surface area contributed by atoms with Crippen molar-refractivity contribution >= 4 is 5.97 Å². The number of benzene rings is 2. The lowest BCUT2D eigenvalue weighted by Crippen LogP contribution is -2.08. The molecule has 0 saturated heterocycles. The Balaban J connectivity index is 2.12. The molecule has 0 fully saturated rings. The summed E-state index contributed by atoms with van der Waals surface area (Å²) in [5.41, 5.74) is 4.61. The Morgan fingerprint density at radius 3 is 2.35 bits per heavy atom. The van der Waals surface area contributed by atoms with Gasteiger partial charge in [0.25, 0.3) is 0 Å². The molecule has 0 bridgehead atoms. The fourth-order valence-corrected chi connectivity index (χ4v) is 2.70. The third kappa shape index (κ3) is 3.13. The van der Waals surface area contributed by atoms with Gasteiger partial charge in [-0.25, -0.2) is 9.48 Å². The van der Waals surface area contributed by atoms with Gasteiger partial charge in [0.2, 0.25) is 0 Å². The number of rotatable bonds is 4. The van der Waals surface area contributed by atoms with Gasteiger partial charge in [0.1, 0.15) is 0 Å². The Morgan fingerprint density at radius 2 is 1.74 bits per heavy atom.